The monoisotopic (exact) mass is 380 g/mol. The van der Waals surface area contributed by atoms with Crippen LogP contribution in [0, 0.1) is 6.92 Å². The molecular formula is C17H17BCl2NO2S. The van der Waals surface area contributed by atoms with E-state index in [1.54, 1.807) is 6.07 Å². The lowest BCUT2D eigenvalue weighted by Crippen LogP contribution is -2.21. The molecule has 0 amide bonds. The Labute approximate surface area is 158 Å². The molecule has 2 rings (SSSR count). The normalized spacial score (nSPS) is 10.6. The Kier molecular flexibility index (Phi) is 6.52. The van der Waals surface area contributed by atoms with Crippen molar-refractivity contribution in [2.45, 2.75) is 26.7 Å². The first-order chi connectivity index (χ1) is 11.3. The van der Waals surface area contributed by atoms with Gasteiger partial charge in [-0.1, -0.05) is 49.2 Å². The van der Waals surface area contributed by atoms with E-state index in [-0.39, 0.29) is 5.17 Å². The van der Waals surface area contributed by atoms with Gasteiger partial charge in [0.25, 0.3) is 5.17 Å². The highest BCUT2D eigenvalue weighted by atomic mass is 35.5. The summed E-state index contributed by atoms with van der Waals surface area (Å²) in [5.41, 5.74) is 3.09. The van der Waals surface area contributed by atoms with E-state index in [4.69, 9.17) is 40.2 Å². The predicted molar refractivity (Wildman–Crippen MR) is 106 cm³/mol. The Morgan fingerprint density at radius 1 is 1.21 bits per heavy atom. The van der Waals surface area contributed by atoms with Gasteiger partial charge in [0, 0.05) is 5.02 Å². The highest BCUT2D eigenvalue weighted by Gasteiger charge is 2.13. The molecular weight excluding hydrogens is 364 g/mol. The molecule has 3 nitrogen and oxygen atoms in total. The van der Waals surface area contributed by atoms with Crippen LogP contribution in [0.4, 0.5) is 5.69 Å². The molecule has 125 valence electrons. The van der Waals surface area contributed by atoms with Crippen LogP contribution in [0.1, 0.15) is 30.9 Å². The van der Waals surface area contributed by atoms with Crippen LogP contribution in [-0.2, 0) is 0 Å². The third-order valence-electron chi connectivity index (χ3n) is 3.46. The Morgan fingerprint density at radius 2 is 1.92 bits per heavy atom. The third-order valence-corrected chi connectivity index (χ3v) is 4.28. The minimum atomic E-state index is 0.163. The number of hydrogen-bond acceptors (Lipinski definition) is 3. The average molecular weight is 381 g/mol. The molecule has 0 heterocycles. The summed E-state index contributed by atoms with van der Waals surface area (Å²) >= 11 is 17.4. The second-order valence-corrected chi connectivity index (χ2v) is 6.88. The zero-order chi connectivity index (χ0) is 17.9. The van der Waals surface area contributed by atoms with Crippen LogP contribution < -0.4 is 15.5 Å². The van der Waals surface area contributed by atoms with Gasteiger partial charge in [0.1, 0.15) is 5.75 Å². The summed E-state index contributed by atoms with van der Waals surface area (Å²) in [5.74, 6) is 1.01. The summed E-state index contributed by atoms with van der Waals surface area (Å²) in [6.45, 7) is 6.17. The molecule has 0 spiro atoms. The largest absolute Gasteiger partial charge is 0.450 e. The summed E-state index contributed by atoms with van der Waals surface area (Å²) in [6, 6.07) is 9.14. The van der Waals surface area contributed by atoms with Crippen molar-refractivity contribution in [1.29, 1.82) is 0 Å². The van der Waals surface area contributed by atoms with Crippen molar-refractivity contribution >= 4 is 59.2 Å². The molecule has 0 aliphatic rings. The summed E-state index contributed by atoms with van der Waals surface area (Å²) in [7, 11) is 0.908. The number of thiocarbonyl (C=S) groups is 1. The number of aryl methyl sites for hydroxylation is 1. The number of hydrogen-bond donors (Lipinski definition) is 2. The van der Waals surface area contributed by atoms with Gasteiger partial charge in [-0.25, -0.2) is 0 Å². The maximum Gasteiger partial charge on any atom is 0.328 e. The molecule has 0 atom stereocenters. The van der Waals surface area contributed by atoms with Crippen molar-refractivity contribution in [2.75, 3.05) is 5.32 Å². The molecule has 1 radical (unpaired) electrons. The highest BCUT2D eigenvalue weighted by Crippen LogP contribution is 2.29. The topological polar surface area (TPSA) is 41.5 Å². The molecule has 2 aromatic carbocycles. The fourth-order valence-electron chi connectivity index (χ4n) is 2.20. The lowest BCUT2D eigenvalue weighted by Gasteiger charge is -2.16. The molecule has 0 aliphatic heterocycles. The SMILES string of the molecule is Cc1ccc(C(C)C)c(OC(=S)Nc2cc([B]O)c(Cl)cc2Cl)c1. The van der Waals surface area contributed by atoms with Crippen molar-refractivity contribution in [3.63, 3.8) is 0 Å². The second kappa shape index (κ2) is 8.21. The standard InChI is InChI=1S/C17H17BCl2NO2S/c1-9(2)11-5-4-10(3)6-16(11)23-17(24)21-15-7-12(18-22)13(19)8-14(15)20/h4-9,22H,1-3H3,(H,21,24). The fraction of sp³-hybridized carbons (Fsp3) is 0.235. The van der Waals surface area contributed by atoms with Crippen LogP contribution >= 0.6 is 35.4 Å². The number of ether oxygens (including phenoxy) is 1. The van der Waals surface area contributed by atoms with Gasteiger partial charge in [-0.3, -0.25) is 0 Å². The van der Waals surface area contributed by atoms with Crippen LogP contribution in [0.25, 0.3) is 0 Å². The minimum absolute atomic E-state index is 0.163. The fourth-order valence-corrected chi connectivity index (χ4v) is 2.88. The van der Waals surface area contributed by atoms with E-state index < -0.39 is 0 Å². The molecule has 7 heteroatoms. The summed E-state index contributed by atoms with van der Waals surface area (Å²) in [5, 5.41) is 13.0. The predicted octanol–water partition coefficient (Wildman–Crippen LogP) is 4.44. The number of halogens is 2. The van der Waals surface area contributed by atoms with Gasteiger partial charge in [-0.15, -0.1) is 0 Å². The van der Waals surface area contributed by atoms with Gasteiger partial charge in [0.15, 0.2) is 0 Å². The van der Waals surface area contributed by atoms with Gasteiger partial charge in [-0.2, -0.15) is 0 Å². The molecule has 0 unspecified atom stereocenters. The van der Waals surface area contributed by atoms with Gasteiger partial charge >= 0.3 is 7.48 Å². The quantitative estimate of drug-likeness (QED) is 0.607. The van der Waals surface area contributed by atoms with Gasteiger partial charge < -0.3 is 15.1 Å². The van der Waals surface area contributed by atoms with E-state index in [9.17, 15) is 5.02 Å². The maximum absolute atomic E-state index is 9.19. The summed E-state index contributed by atoms with van der Waals surface area (Å²) in [6.07, 6.45) is 0. The Hall–Kier alpha value is -1.27. The molecule has 2 N–H and O–H groups in total. The first-order valence-corrected chi connectivity index (χ1v) is 8.54. The number of anilines is 1. The van der Waals surface area contributed by atoms with Crippen molar-refractivity contribution in [2.24, 2.45) is 0 Å². The second-order valence-electron chi connectivity index (χ2n) is 5.69. The van der Waals surface area contributed by atoms with E-state index in [1.807, 2.05) is 25.1 Å². The lowest BCUT2D eigenvalue weighted by atomic mass is 9.88. The lowest BCUT2D eigenvalue weighted by molar-refractivity contribution is 0.548. The van der Waals surface area contributed by atoms with Gasteiger partial charge in [0.05, 0.1) is 10.7 Å². The smallest absolute Gasteiger partial charge is 0.328 e. The molecule has 0 aliphatic carbocycles. The van der Waals surface area contributed by atoms with Crippen LogP contribution in [0.3, 0.4) is 0 Å². The summed E-state index contributed by atoms with van der Waals surface area (Å²) in [4.78, 5) is 0. The van der Waals surface area contributed by atoms with Crippen molar-refractivity contribution < 1.29 is 9.76 Å². The highest BCUT2D eigenvalue weighted by molar-refractivity contribution is 7.80. The third kappa shape index (κ3) is 4.64. The van der Waals surface area contributed by atoms with Gasteiger partial charge in [-0.05, 0) is 59.8 Å². The maximum atomic E-state index is 9.19. The molecule has 0 aromatic heterocycles. The molecule has 2 aromatic rings. The van der Waals surface area contributed by atoms with Crippen molar-refractivity contribution in [3.8, 4) is 5.75 Å². The van der Waals surface area contributed by atoms with Crippen molar-refractivity contribution in [3.05, 3.63) is 51.5 Å². The van der Waals surface area contributed by atoms with Crippen LogP contribution in [-0.4, -0.2) is 17.7 Å². The average Bonchev–Trinajstić information content (AvgIpc) is 2.49. The molecule has 0 fully saturated rings. The van der Waals surface area contributed by atoms with Gasteiger partial charge in [0.2, 0.25) is 0 Å². The first kappa shape index (κ1) is 19.1. The number of benzene rings is 2. The number of nitrogens with one attached hydrogen (secondary N) is 1. The molecule has 24 heavy (non-hydrogen) atoms. The van der Waals surface area contributed by atoms with Crippen LogP contribution in [0.15, 0.2) is 30.3 Å². The Bertz CT molecular complexity index is 768. The Balaban J connectivity index is 2.22. The zero-order valence-electron chi connectivity index (χ0n) is 13.6. The molecule has 0 bridgehead atoms. The Morgan fingerprint density at radius 3 is 2.54 bits per heavy atom. The van der Waals surface area contributed by atoms with Crippen LogP contribution in [0.2, 0.25) is 10.0 Å². The van der Waals surface area contributed by atoms with E-state index in [1.165, 1.54) is 6.07 Å². The minimum Gasteiger partial charge on any atom is -0.450 e. The van der Waals surface area contributed by atoms with E-state index in [2.05, 4.69) is 19.2 Å². The van der Waals surface area contributed by atoms with E-state index >= 15 is 0 Å². The van der Waals surface area contributed by atoms with E-state index in [0.717, 1.165) is 18.6 Å². The first-order valence-electron chi connectivity index (χ1n) is 7.37. The van der Waals surface area contributed by atoms with E-state index in [0.29, 0.717) is 32.9 Å². The molecule has 0 saturated carbocycles. The zero-order valence-corrected chi connectivity index (χ0v) is 15.9. The molecule has 0 saturated heterocycles. The summed E-state index contributed by atoms with van der Waals surface area (Å²) < 4.78 is 5.81. The van der Waals surface area contributed by atoms with Crippen molar-refractivity contribution in [1.82, 2.24) is 0 Å². The number of rotatable bonds is 4. The van der Waals surface area contributed by atoms with Crippen LogP contribution in [0.5, 0.6) is 5.75 Å².